The van der Waals surface area contributed by atoms with Gasteiger partial charge in [-0.1, -0.05) is 37.1 Å². The van der Waals surface area contributed by atoms with Gasteiger partial charge in [0.25, 0.3) is 5.91 Å². The van der Waals surface area contributed by atoms with Gasteiger partial charge in [0.1, 0.15) is 22.7 Å². The third-order valence-electron chi connectivity index (χ3n) is 7.70. The first-order valence-electron chi connectivity index (χ1n) is 15.0. The highest BCUT2D eigenvalue weighted by Gasteiger charge is 2.33. The second kappa shape index (κ2) is 12.9. The van der Waals surface area contributed by atoms with Crippen LogP contribution < -0.4 is 20.7 Å². The van der Waals surface area contributed by atoms with Crippen LogP contribution in [0.25, 0.3) is 0 Å². The summed E-state index contributed by atoms with van der Waals surface area (Å²) in [6.07, 6.45) is 3.90. The molecule has 1 fully saturated rings. The molecule has 1 saturated carbocycles. The van der Waals surface area contributed by atoms with Gasteiger partial charge in [-0.3, -0.25) is 4.79 Å². The van der Waals surface area contributed by atoms with Gasteiger partial charge in [-0.05, 0) is 75.9 Å². The van der Waals surface area contributed by atoms with Gasteiger partial charge in [0.2, 0.25) is 5.95 Å². The molecule has 10 heteroatoms. The van der Waals surface area contributed by atoms with Crippen molar-refractivity contribution in [3.05, 3.63) is 70.9 Å². The van der Waals surface area contributed by atoms with E-state index in [2.05, 4.69) is 16.0 Å². The highest BCUT2D eigenvalue weighted by Crippen LogP contribution is 2.30. The molecule has 3 N–H and O–H groups in total. The number of aromatic nitrogens is 2. The number of fused-ring (bicyclic) bond motifs is 1. The molecule has 2 atom stereocenters. The molecule has 0 saturated heterocycles. The van der Waals surface area contributed by atoms with Crippen LogP contribution in [-0.2, 0) is 17.7 Å². The lowest BCUT2D eigenvalue weighted by Gasteiger charge is -2.34. The molecule has 0 bridgehead atoms. The third-order valence-corrected chi connectivity index (χ3v) is 7.70. The number of methoxy groups -OCH3 is 1. The van der Waals surface area contributed by atoms with E-state index in [0.717, 1.165) is 48.2 Å². The fourth-order valence-corrected chi connectivity index (χ4v) is 5.63. The average molecular weight is 587 g/mol. The van der Waals surface area contributed by atoms with Crippen LogP contribution in [0.1, 0.15) is 73.6 Å². The van der Waals surface area contributed by atoms with E-state index in [4.69, 9.17) is 19.4 Å². The van der Waals surface area contributed by atoms with Crippen molar-refractivity contribution in [3.63, 3.8) is 0 Å². The second-order valence-electron chi connectivity index (χ2n) is 12.3. The number of benzene rings is 2. The fourth-order valence-electron chi connectivity index (χ4n) is 5.63. The molecule has 1 aromatic heterocycles. The molecule has 228 valence electrons. The van der Waals surface area contributed by atoms with Crippen LogP contribution in [0.3, 0.4) is 0 Å². The van der Waals surface area contributed by atoms with Crippen molar-refractivity contribution in [2.75, 3.05) is 24.3 Å². The molecule has 1 aliphatic heterocycles. The zero-order valence-corrected chi connectivity index (χ0v) is 25.7. The van der Waals surface area contributed by atoms with Crippen LogP contribution in [0.5, 0.6) is 5.75 Å². The summed E-state index contributed by atoms with van der Waals surface area (Å²) in [6.45, 7) is 8.61. The maximum Gasteiger partial charge on any atom is 0.407 e. The Morgan fingerprint density at radius 2 is 1.79 bits per heavy atom. The van der Waals surface area contributed by atoms with Crippen molar-refractivity contribution >= 4 is 29.5 Å². The lowest BCUT2D eigenvalue weighted by molar-refractivity contribution is 0.0488. The Kier molecular flexibility index (Phi) is 9.03. The van der Waals surface area contributed by atoms with Crippen molar-refractivity contribution in [2.45, 2.75) is 84.0 Å². The highest BCUT2D eigenvalue weighted by molar-refractivity contribution is 6.01. The van der Waals surface area contributed by atoms with E-state index in [0.29, 0.717) is 42.5 Å². The first-order chi connectivity index (χ1) is 20.6. The van der Waals surface area contributed by atoms with Crippen LogP contribution >= 0.6 is 0 Å². The molecule has 5 rings (SSSR count). The average Bonchev–Trinajstić information content (AvgIpc) is 2.95. The van der Waals surface area contributed by atoms with E-state index in [1.54, 1.807) is 7.11 Å². The number of ether oxygens (including phenoxy) is 2. The SMILES string of the molecule is COc1ccc(CN2CCc3nc(N[C@@H]4CCCC[C@@H]4NC(=O)OC(C)(C)C)nc(Nc4cccc(C)c4)c3C2=O)cc1. The van der Waals surface area contributed by atoms with E-state index in [1.165, 1.54) is 0 Å². The highest BCUT2D eigenvalue weighted by atomic mass is 16.6. The molecular formula is C33H42N6O4. The van der Waals surface area contributed by atoms with Crippen LogP contribution in [0, 0.1) is 6.92 Å². The van der Waals surface area contributed by atoms with Gasteiger partial charge in [0, 0.05) is 31.2 Å². The maximum absolute atomic E-state index is 13.9. The number of anilines is 3. The summed E-state index contributed by atoms with van der Waals surface area (Å²) in [5.41, 5.74) is 3.57. The Balaban J connectivity index is 1.41. The normalized spacial score (nSPS) is 18.4. The molecule has 10 nitrogen and oxygen atoms in total. The number of hydrogen-bond donors (Lipinski definition) is 3. The zero-order chi connectivity index (χ0) is 30.6. The van der Waals surface area contributed by atoms with Gasteiger partial charge in [-0.2, -0.15) is 4.98 Å². The summed E-state index contributed by atoms with van der Waals surface area (Å²) in [4.78, 5) is 38.0. The number of hydrogen-bond acceptors (Lipinski definition) is 8. The Morgan fingerprint density at radius 1 is 1.05 bits per heavy atom. The van der Waals surface area contributed by atoms with Gasteiger partial charge in [0.05, 0.1) is 18.8 Å². The van der Waals surface area contributed by atoms with Gasteiger partial charge in [-0.15, -0.1) is 0 Å². The van der Waals surface area contributed by atoms with Crippen molar-refractivity contribution in [1.29, 1.82) is 0 Å². The van der Waals surface area contributed by atoms with E-state index < -0.39 is 11.7 Å². The molecule has 3 aromatic rings. The Hall–Kier alpha value is -4.34. The second-order valence-corrected chi connectivity index (χ2v) is 12.3. The summed E-state index contributed by atoms with van der Waals surface area (Å²) in [6, 6.07) is 15.5. The maximum atomic E-state index is 13.9. The summed E-state index contributed by atoms with van der Waals surface area (Å²) >= 11 is 0. The summed E-state index contributed by atoms with van der Waals surface area (Å²) in [5.74, 6) is 1.57. The summed E-state index contributed by atoms with van der Waals surface area (Å²) in [7, 11) is 1.64. The molecule has 0 spiro atoms. The van der Waals surface area contributed by atoms with Gasteiger partial charge in [-0.25, -0.2) is 9.78 Å². The predicted octanol–water partition coefficient (Wildman–Crippen LogP) is 5.98. The van der Waals surface area contributed by atoms with Gasteiger partial charge < -0.3 is 30.3 Å². The third kappa shape index (κ3) is 7.74. The van der Waals surface area contributed by atoms with Crippen molar-refractivity contribution in [3.8, 4) is 5.75 Å². The molecule has 2 aromatic carbocycles. The van der Waals surface area contributed by atoms with Crippen molar-refractivity contribution in [2.24, 2.45) is 0 Å². The van der Waals surface area contributed by atoms with Crippen LogP contribution in [0.15, 0.2) is 48.5 Å². The molecule has 2 aliphatic rings. The monoisotopic (exact) mass is 586 g/mol. The lowest BCUT2D eigenvalue weighted by Crippen LogP contribution is -2.50. The molecular weight excluding hydrogens is 544 g/mol. The summed E-state index contributed by atoms with van der Waals surface area (Å²) < 4.78 is 10.8. The van der Waals surface area contributed by atoms with Gasteiger partial charge >= 0.3 is 6.09 Å². The van der Waals surface area contributed by atoms with Crippen LogP contribution in [0.4, 0.5) is 22.2 Å². The standard InChI is InChI=1S/C33H42N6O4/c1-21-9-8-10-23(19-21)34-29-28-27(17-18-39(30(28)40)20-22-13-15-24(42-5)16-14-22)36-31(38-29)35-25-11-6-7-12-26(25)37-32(41)43-33(2,3)4/h8-10,13-16,19,25-26H,6-7,11-12,17-18,20H2,1-5H3,(H,37,41)(H2,34,35,36,38)/t25-,26+/m1/s1. The number of carbonyl (C=O) groups excluding carboxylic acids is 2. The quantitative estimate of drug-likeness (QED) is 0.295. The van der Waals surface area contributed by atoms with Crippen LogP contribution in [0.2, 0.25) is 0 Å². The van der Waals surface area contributed by atoms with E-state index in [9.17, 15) is 9.59 Å². The van der Waals surface area contributed by atoms with Crippen molar-refractivity contribution in [1.82, 2.24) is 20.2 Å². The topological polar surface area (TPSA) is 118 Å². The Labute approximate surface area is 253 Å². The number of amides is 2. The Morgan fingerprint density at radius 3 is 2.49 bits per heavy atom. The lowest BCUT2D eigenvalue weighted by atomic mass is 9.90. The van der Waals surface area contributed by atoms with Crippen molar-refractivity contribution < 1.29 is 19.1 Å². The minimum Gasteiger partial charge on any atom is -0.497 e. The molecule has 1 aliphatic carbocycles. The van der Waals surface area contributed by atoms with E-state index >= 15 is 0 Å². The first kappa shape index (κ1) is 30.1. The Bertz CT molecular complexity index is 1450. The van der Waals surface area contributed by atoms with Crippen LogP contribution in [-0.4, -0.2) is 58.2 Å². The number of nitrogens with zero attached hydrogens (tertiary/aromatic N) is 3. The number of carbonyl (C=O) groups is 2. The molecule has 0 radical (unpaired) electrons. The minimum atomic E-state index is -0.576. The zero-order valence-electron chi connectivity index (χ0n) is 25.7. The predicted molar refractivity (Wildman–Crippen MR) is 167 cm³/mol. The molecule has 2 heterocycles. The van der Waals surface area contributed by atoms with E-state index in [-0.39, 0.29) is 18.0 Å². The smallest absolute Gasteiger partial charge is 0.407 e. The molecule has 2 amide bonds. The molecule has 0 unspecified atom stereocenters. The number of nitrogens with one attached hydrogen (secondary N) is 3. The fraction of sp³-hybridized carbons (Fsp3) is 0.455. The molecule has 43 heavy (non-hydrogen) atoms. The minimum absolute atomic E-state index is 0.0722. The number of rotatable bonds is 8. The number of alkyl carbamates (subject to hydrolysis) is 1. The largest absolute Gasteiger partial charge is 0.497 e. The first-order valence-corrected chi connectivity index (χ1v) is 15.0. The summed E-state index contributed by atoms with van der Waals surface area (Å²) in [5, 5.41) is 9.95. The number of aryl methyl sites for hydroxylation is 1. The van der Waals surface area contributed by atoms with E-state index in [1.807, 2.05) is 81.1 Å². The van der Waals surface area contributed by atoms with Gasteiger partial charge in [0.15, 0.2) is 0 Å².